The SMILES string of the molecule is COc1ccc(CC(=O)NCc2nnc(SCC(=O)Nc3cc(Cl)ccc3C)n2C)cc1. The summed E-state index contributed by atoms with van der Waals surface area (Å²) in [4.78, 5) is 24.5. The van der Waals surface area contributed by atoms with E-state index >= 15 is 0 Å². The Morgan fingerprint density at radius 3 is 2.59 bits per heavy atom. The van der Waals surface area contributed by atoms with Crippen LogP contribution in [-0.2, 0) is 29.6 Å². The number of nitrogens with one attached hydrogen (secondary N) is 2. The topological polar surface area (TPSA) is 98.1 Å². The standard InChI is InChI=1S/C22H24ClN5O3S/c1-14-4-7-16(23)11-18(14)25-21(30)13-32-22-27-26-19(28(22)2)12-24-20(29)10-15-5-8-17(31-3)9-6-15/h4-9,11H,10,12-13H2,1-3H3,(H,24,29)(H,25,30). The molecule has 0 aliphatic rings. The van der Waals surface area contributed by atoms with Crippen molar-refractivity contribution >= 4 is 40.9 Å². The third-order valence-corrected chi connectivity index (χ3v) is 5.95. The molecule has 0 fully saturated rings. The summed E-state index contributed by atoms with van der Waals surface area (Å²) < 4.78 is 6.88. The van der Waals surface area contributed by atoms with E-state index in [4.69, 9.17) is 16.3 Å². The Labute approximate surface area is 195 Å². The summed E-state index contributed by atoms with van der Waals surface area (Å²) in [6.45, 7) is 2.14. The molecule has 1 heterocycles. The van der Waals surface area contributed by atoms with Crippen LogP contribution >= 0.6 is 23.4 Å². The number of halogens is 1. The summed E-state index contributed by atoms with van der Waals surface area (Å²) in [5.41, 5.74) is 2.50. The Morgan fingerprint density at radius 1 is 1.12 bits per heavy atom. The van der Waals surface area contributed by atoms with Gasteiger partial charge in [0.25, 0.3) is 0 Å². The van der Waals surface area contributed by atoms with Gasteiger partial charge in [-0.2, -0.15) is 0 Å². The normalized spacial score (nSPS) is 10.6. The molecule has 3 aromatic rings. The minimum atomic E-state index is -0.169. The Balaban J connectivity index is 1.48. The van der Waals surface area contributed by atoms with Crippen molar-refractivity contribution in [2.24, 2.45) is 7.05 Å². The first-order chi connectivity index (χ1) is 15.4. The van der Waals surface area contributed by atoms with Crippen molar-refractivity contribution in [3.8, 4) is 5.75 Å². The minimum absolute atomic E-state index is 0.122. The average molecular weight is 474 g/mol. The summed E-state index contributed by atoms with van der Waals surface area (Å²) in [6.07, 6.45) is 0.256. The highest BCUT2D eigenvalue weighted by Crippen LogP contribution is 2.21. The molecule has 168 valence electrons. The quantitative estimate of drug-likeness (QED) is 0.462. The number of benzene rings is 2. The van der Waals surface area contributed by atoms with Crippen LogP contribution in [0.3, 0.4) is 0 Å². The lowest BCUT2D eigenvalue weighted by molar-refractivity contribution is -0.120. The second-order valence-corrected chi connectivity index (χ2v) is 8.43. The summed E-state index contributed by atoms with van der Waals surface area (Å²) in [5.74, 6) is 1.22. The molecule has 3 rings (SSSR count). The number of carbonyl (C=O) groups is 2. The van der Waals surface area contributed by atoms with E-state index in [-0.39, 0.29) is 30.5 Å². The van der Waals surface area contributed by atoms with Crippen LogP contribution in [0.5, 0.6) is 5.75 Å². The molecule has 8 nitrogen and oxygen atoms in total. The van der Waals surface area contributed by atoms with Gasteiger partial charge in [-0.15, -0.1) is 10.2 Å². The molecular formula is C22H24ClN5O3S. The van der Waals surface area contributed by atoms with Gasteiger partial charge in [-0.1, -0.05) is 41.6 Å². The maximum atomic E-state index is 12.3. The van der Waals surface area contributed by atoms with Gasteiger partial charge < -0.3 is 19.9 Å². The second kappa shape index (κ2) is 11.0. The van der Waals surface area contributed by atoms with Crippen molar-refractivity contribution in [2.45, 2.75) is 25.0 Å². The number of anilines is 1. The van der Waals surface area contributed by atoms with Crippen LogP contribution in [0.25, 0.3) is 0 Å². The van der Waals surface area contributed by atoms with Gasteiger partial charge in [0.15, 0.2) is 11.0 Å². The minimum Gasteiger partial charge on any atom is -0.497 e. The van der Waals surface area contributed by atoms with Crippen molar-refractivity contribution in [1.29, 1.82) is 0 Å². The zero-order valence-electron chi connectivity index (χ0n) is 18.0. The van der Waals surface area contributed by atoms with Crippen LogP contribution in [0.4, 0.5) is 5.69 Å². The summed E-state index contributed by atoms with van der Waals surface area (Å²) >= 11 is 7.26. The second-order valence-electron chi connectivity index (χ2n) is 7.06. The summed E-state index contributed by atoms with van der Waals surface area (Å²) in [6, 6.07) is 12.7. The number of amides is 2. The molecule has 0 spiro atoms. The third kappa shape index (κ3) is 6.48. The fraction of sp³-hybridized carbons (Fsp3) is 0.273. The van der Waals surface area contributed by atoms with E-state index < -0.39 is 0 Å². The zero-order valence-corrected chi connectivity index (χ0v) is 19.6. The molecule has 2 amide bonds. The van der Waals surface area contributed by atoms with Crippen LogP contribution < -0.4 is 15.4 Å². The van der Waals surface area contributed by atoms with Gasteiger partial charge in [0.1, 0.15) is 5.75 Å². The van der Waals surface area contributed by atoms with Crippen molar-refractivity contribution in [3.05, 3.63) is 64.4 Å². The first-order valence-corrected chi connectivity index (χ1v) is 11.2. The predicted octanol–water partition coefficient (Wildman–Crippen LogP) is 3.38. The molecule has 0 radical (unpaired) electrons. The van der Waals surface area contributed by atoms with Crippen LogP contribution in [0.15, 0.2) is 47.6 Å². The van der Waals surface area contributed by atoms with E-state index in [0.717, 1.165) is 16.9 Å². The molecule has 2 N–H and O–H groups in total. The van der Waals surface area contributed by atoms with E-state index in [1.807, 2.05) is 37.3 Å². The maximum Gasteiger partial charge on any atom is 0.234 e. The number of ether oxygens (including phenoxy) is 1. The number of thioether (sulfide) groups is 1. The Morgan fingerprint density at radius 2 is 1.88 bits per heavy atom. The molecule has 10 heteroatoms. The molecule has 0 saturated heterocycles. The highest BCUT2D eigenvalue weighted by molar-refractivity contribution is 7.99. The monoisotopic (exact) mass is 473 g/mol. The number of hydrogen-bond acceptors (Lipinski definition) is 6. The molecular weight excluding hydrogens is 450 g/mol. The number of nitrogens with zero attached hydrogens (tertiary/aromatic N) is 3. The van der Waals surface area contributed by atoms with E-state index in [0.29, 0.717) is 21.7 Å². The number of methoxy groups -OCH3 is 1. The predicted molar refractivity (Wildman–Crippen MR) is 125 cm³/mol. The lowest BCUT2D eigenvalue weighted by Crippen LogP contribution is -2.26. The molecule has 0 bridgehead atoms. The van der Waals surface area contributed by atoms with Crippen LogP contribution in [0.1, 0.15) is 17.0 Å². The van der Waals surface area contributed by atoms with Gasteiger partial charge in [-0.05, 0) is 42.3 Å². The van der Waals surface area contributed by atoms with Gasteiger partial charge in [0.2, 0.25) is 11.8 Å². The van der Waals surface area contributed by atoms with Crippen molar-refractivity contribution in [3.63, 3.8) is 0 Å². The van der Waals surface area contributed by atoms with Crippen LogP contribution in [-0.4, -0.2) is 39.4 Å². The Kier molecular flexibility index (Phi) is 8.13. The molecule has 0 atom stereocenters. The molecule has 1 aromatic heterocycles. The average Bonchev–Trinajstić information content (AvgIpc) is 3.13. The number of aromatic nitrogens is 3. The number of aryl methyl sites for hydroxylation is 1. The van der Waals surface area contributed by atoms with Crippen LogP contribution in [0, 0.1) is 6.92 Å². The summed E-state index contributed by atoms with van der Waals surface area (Å²) in [5, 5.41) is 15.1. The maximum absolute atomic E-state index is 12.3. The van der Waals surface area contributed by atoms with Crippen molar-refractivity contribution < 1.29 is 14.3 Å². The van der Waals surface area contributed by atoms with Gasteiger partial charge in [0, 0.05) is 17.8 Å². The highest BCUT2D eigenvalue weighted by Gasteiger charge is 2.13. The largest absolute Gasteiger partial charge is 0.497 e. The van der Waals surface area contributed by atoms with Crippen molar-refractivity contribution in [2.75, 3.05) is 18.2 Å². The van der Waals surface area contributed by atoms with E-state index in [1.54, 1.807) is 30.9 Å². The number of hydrogen-bond donors (Lipinski definition) is 2. The first-order valence-electron chi connectivity index (χ1n) is 9.82. The Bertz CT molecular complexity index is 1100. The molecule has 0 aliphatic heterocycles. The van der Waals surface area contributed by atoms with Crippen LogP contribution in [0.2, 0.25) is 5.02 Å². The van der Waals surface area contributed by atoms with E-state index in [1.165, 1.54) is 11.8 Å². The lowest BCUT2D eigenvalue weighted by Gasteiger charge is -2.09. The molecule has 0 unspecified atom stereocenters. The summed E-state index contributed by atoms with van der Waals surface area (Å²) in [7, 11) is 3.40. The highest BCUT2D eigenvalue weighted by atomic mass is 35.5. The Hall–Kier alpha value is -3.04. The van der Waals surface area contributed by atoms with E-state index in [2.05, 4.69) is 20.8 Å². The van der Waals surface area contributed by atoms with Gasteiger partial charge >= 0.3 is 0 Å². The fourth-order valence-corrected chi connectivity index (χ4v) is 3.74. The van der Waals surface area contributed by atoms with Gasteiger partial charge in [-0.25, -0.2) is 0 Å². The van der Waals surface area contributed by atoms with Gasteiger partial charge in [0.05, 0.1) is 25.8 Å². The number of carbonyl (C=O) groups excluding carboxylic acids is 2. The molecule has 0 aliphatic carbocycles. The fourth-order valence-electron chi connectivity index (χ4n) is 2.84. The molecule has 32 heavy (non-hydrogen) atoms. The molecule has 2 aromatic carbocycles. The molecule has 0 saturated carbocycles. The zero-order chi connectivity index (χ0) is 23.1. The smallest absolute Gasteiger partial charge is 0.234 e. The van der Waals surface area contributed by atoms with Crippen molar-refractivity contribution in [1.82, 2.24) is 20.1 Å². The first kappa shape index (κ1) is 23.6. The van der Waals surface area contributed by atoms with Gasteiger partial charge in [-0.3, -0.25) is 9.59 Å². The van der Waals surface area contributed by atoms with E-state index in [9.17, 15) is 9.59 Å². The third-order valence-electron chi connectivity index (χ3n) is 4.70. The lowest BCUT2D eigenvalue weighted by atomic mass is 10.1. The number of rotatable bonds is 9.